The van der Waals surface area contributed by atoms with Gasteiger partial charge in [0.05, 0.1) is 0 Å². The molecule has 4 fully saturated rings. The molecule has 4 rings (SSSR count). The Hall–Kier alpha value is -0.120. The van der Waals surface area contributed by atoms with E-state index in [1.165, 1.54) is 65.0 Å². The van der Waals surface area contributed by atoms with Gasteiger partial charge in [-0.25, -0.2) is 0 Å². The van der Waals surface area contributed by atoms with Gasteiger partial charge in [0.1, 0.15) is 0 Å². The molecule has 0 amide bonds. The van der Waals surface area contributed by atoms with Crippen LogP contribution in [0.15, 0.2) is 0 Å². The Balaban J connectivity index is 1.59. The lowest BCUT2D eigenvalue weighted by molar-refractivity contribution is 0.00443. The molecule has 0 aliphatic carbocycles. The fourth-order valence-corrected chi connectivity index (χ4v) is 4.04. The van der Waals surface area contributed by atoms with Crippen LogP contribution in [-0.2, 0) is 0 Å². The van der Waals surface area contributed by atoms with E-state index >= 15 is 0 Å². The summed E-state index contributed by atoms with van der Waals surface area (Å²) in [5.41, 5.74) is 0. The molecule has 2 atom stereocenters. The molecule has 2 unspecified atom stereocenters. The number of nitrogens with zero attached hydrogens (tertiary/aromatic N) is 2. The summed E-state index contributed by atoms with van der Waals surface area (Å²) in [6.07, 6.45) is 5.65. The summed E-state index contributed by atoms with van der Waals surface area (Å²) < 4.78 is 0. The Morgan fingerprint density at radius 2 is 2.06 bits per heavy atom. The predicted molar refractivity (Wildman–Crippen MR) is 71.2 cm³/mol. The van der Waals surface area contributed by atoms with Crippen LogP contribution in [0.1, 0.15) is 32.6 Å². The van der Waals surface area contributed by atoms with Crippen molar-refractivity contribution in [1.29, 1.82) is 0 Å². The summed E-state index contributed by atoms with van der Waals surface area (Å²) in [4.78, 5) is 5.44. The van der Waals surface area contributed by atoms with Gasteiger partial charge in [-0.15, -0.1) is 0 Å². The highest BCUT2D eigenvalue weighted by molar-refractivity contribution is 4.93. The second-order valence-corrected chi connectivity index (χ2v) is 6.09. The lowest BCUT2D eigenvalue weighted by atomic mass is 9.83. The summed E-state index contributed by atoms with van der Waals surface area (Å²) in [6, 6.07) is 1.62. The molecule has 0 saturated carbocycles. The van der Waals surface area contributed by atoms with E-state index in [-0.39, 0.29) is 0 Å². The maximum Gasteiger partial charge on any atom is 0.0252 e. The molecule has 2 bridgehead atoms. The summed E-state index contributed by atoms with van der Waals surface area (Å²) in [5, 5.41) is 3.65. The number of hydrogen-bond acceptors (Lipinski definition) is 3. The first-order chi connectivity index (χ1) is 8.36. The summed E-state index contributed by atoms with van der Waals surface area (Å²) in [7, 11) is 0. The molecular formula is C14H27N3. The molecule has 4 aliphatic heterocycles. The third kappa shape index (κ3) is 2.51. The molecule has 4 saturated heterocycles. The normalized spacial score (nSPS) is 41.3. The van der Waals surface area contributed by atoms with Crippen LogP contribution < -0.4 is 5.32 Å². The highest BCUT2D eigenvalue weighted by Crippen LogP contribution is 2.31. The number of hydrogen-bond donors (Lipinski definition) is 1. The fourth-order valence-electron chi connectivity index (χ4n) is 4.04. The van der Waals surface area contributed by atoms with Gasteiger partial charge in [-0.2, -0.15) is 0 Å². The second-order valence-electron chi connectivity index (χ2n) is 6.09. The largest absolute Gasteiger partial charge is 0.313 e. The number of piperidine rings is 3. The monoisotopic (exact) mass is 237 g/mol. The van der Waals surface area contributed by atoms with Gasteiger partial charge >= 0.3 is 0 Å². The Morgan fingerprint density at radius 3 is 2.59 bits per heavy atom. The first-order valence-electron chi connectivity index (χ1n) is 7.56. The topological polar surface area (TPSA) is 18.5 Å². The van der Waals surface area contributed by atoms with Crippen LogP contribution in [0, 0.1) is 5.92 Å². The first-order valence-corrected chi connectivity index (χ1v) is 7.56. The lowest BCUT2D eigenvalue weighted by Crippen LogP contribution is -2.58. The number of fused-ring (bicyclic) bond motifs is 3. The molecule has 0 spiro atoms. The van der Waals surface area contributed by atoms with Crippen LogP contribution in [0.5, 0.6) is 0 Å². The van der Waals surface area contributed by atoms with Gasteiger partial charge in [0.2, 0.25) is 0 Å². The molecule has 0 aromatic heterocycles. The Labute approximate surface area is 106 Å². The van der Waals surface area contributed by atoms with Crippen LogP contribution in [0.4, 0.5) is 0 Å². The van der Waals surface area contributed by atoms with Crippen LogP contribution in [0.2, 0.25) is 0 Å². The van der Waals surface area contributed by atoms with Crippen molar-refractivity contribution in [3.63, 3.8) is 0 Å². The third-order valence-electron chi connectivity index (χ3n) is 5.11. The number of likely N-dealkylation sites (N-methyl/N-ethyl adjacent to an activating group) is 1. The molecule has 4 heterocycles. The maximum atomic E-state index is 3.65. The van der Waals surface area contributed by atoms with Crippen molar-refractivity contribution in [3.05, 3.63) is 0 Å². The minimum atomic E-state index is 0.769. The summed E-state index contributed by atoms with van der Waals surface area (Å²) >= 11 is 0. The molecule has 0 radical (unpaired) electrons. The van der Waals surface area contributed by atoms with Crippen LogP contribution >= 0.6 is 0 Å². The van der Waals surface area contributed by atoms with Gasteiger partial charge in [-0.3, -0.25) is 4.90 Å². The second kappa shape index (κ2) is 5.25. The Kier molecular flexibility index (Phi) is 3.69. The van der Waals surface area contributed by atoms with Gasteiger partial charge in [0, 0.05) is 25.2 Å². The average molecular weight is 237 g/mol. The van der Waals surface area contributed by atoms with Gasteiger partial charge in [-0.05, 0) is 57.8 Å². The minimum absolute atomic E-state index is 0.769. The smallest absolute Gasteiger partial charge is 0.0252 e. The highest BCUT2D eigenvalue weighted by Gasteiger charge is 2.37. The van der Waals surface area contributed by atoms with E-state index in [1.54, 1.807) is 0 Å². The quantitative estimate of drug-likeness (QED) is 0.791. The van der Waals surface area contributed by atoms with Crippen molar-refractivity contribution in [2.24, 2.45) is 5.92 Å². The predicted octanol–water partition coefficient (Wildman–Crippen LogP) is 1.15. The molecule has 4 aliphatic rings. The lowest BCUT2D eigenvalue weighted by Gasteiger charge is -2.49. The number of nitrogens with one attached hydrogen (secondary N) is 1. The highest BCUT2D eigenvalue weighted by atomic mass is 15.3. The zero-order valence-corrected chi connectivity index (χ0v) is 11.2. The number of rotatable bonds is 4. The van der Waals surface area contributed by atoms with Crippen molar-refractivity contribution in [3.8, 4) is 0 Å². The fraction of sp³-hybridized carbons (Fsp3) is 1.00. The zero-order valence-electron chi connectivity index (χ0n) is 11.2. The average Bonchev–Trinajstić information content (AvgIpc) is 2.90. The van der Waals surface area contributed by atoms with Crippen LogP contribution in [-0.4, -0.2) is 61.2 Å². The summed E-state index contributed by atoms with van der Waals surface area (Å²) in [5.74, 6) is 0.987. The van der Waals surface area contributed by atoms with E-state index in [1.807, 2.05) is 0 Å². The van der Waals surface area contributed by atoms with E-state index in [2.05, 4.69) is 22.0 Å². The van der Waals surface area contributed by atoms with E-state index < -0.39 is 0 Å². The first kappa shape index (κ1) is 11.9. The van der Waals surface area contributed by atoms with E-state index in [4.69, 9.17) is 0 Å². The van der Waals surface area contributed by atoms with Gasteiger partial charge < -0.3 is 10.2 Å². The van der Waals surface area contributed by atoms with Crippen molar-refractivity contribution >= 4 is 0 Å². The zero-order chi connectivity index (χ0) is 11.7. The van der Waals surface area contributed by atoms with Crippen molar-refractivity contribution in [2.45, 2.75) is 44.7 Å². The van der Waals surface area contributed by atoms with Gasteiger partial charge in [0.15, 0.2) is 0 Å². The Bertz CT molecular complexity index is 242. The van der Waals surface area contributed by atoms with Crippen molar-refractivity contribution < 1.29 is 0 Å². The van der Waals surface area contributed by atoms with Crippen LogP contribution in [0.25, 0.3) is 0 Å². The standard InChI is InChI=1S/C14H27N3/c1-2-17(10-13-4-3-7-15-13)14-11-16-8-5-12(14)6-9-16/h12-15H,2-11H2,1H3. The molecule has 0 aromatic carbocycles. The van der Waals surface area contributed by atoms with Crippen molar-refractivity contribution in [2.75, 3.05) is 39.3 Å². The third-order valence-corrected chi connectivity index (χ3v) is 5.11. The minimum Gasteiger partial charge on any atom is -0.313 e. The Morgan fingerprint density at radius 1 is 1.24 bits per heavy atom. The molecule has 17 heavy (non-hydrogen) atoms. The molecule has 3 heteroatoms. The SMILES string of the molecule is CCN(CC1CCCN1)C1CN2CCC1CC2. The summed E-state index contributed by atoms with van der Waals surface area (Å²) in [6.45, 7) is 10.2. The van der Waals surface area contributed by atoms with E-state index in [0.717, 1.165) is 18.0 Å². The van der Waals surface area contributed by atoms with Crippen molar-refractivity contribution in [1.82, 2.24) is 15.1 Å². The molecule has 1 N–H and O–H groups in total. The molecule has 0 aromatic rings. The van der Waals surface area contributed by atoms with E-state index in [0.29, 0.717) is 0 Å². The maximum absolute atomic E-state index is 3.65. The van der Waals surface area contributed by atoms with E-state index in [9.17, 15) is 0 Å². The molecular weight excluding hydrogens is 210 g/mol. The molecule has 3 nitrogen and oxygen atoms in total. The van der Waals surface area contributed by atoms with Gasteiger partial charge in [-0.1, -0.05) is 6.92 Å². The van der Waals surface area contributed by atoms with Gasteiger partial charge in [0.25, 0.3) is 0 Å². The molecule has 98 valence electrons. The van der Waals surface area contributed by atoms with Crippen LogP contribution in [0.3, 0.4) is 0 Å².